The molecule has 0 spiro atoms. The molecule has 7 N–H and O–H groups in total. The van der Waals surface area contributed by atoms with Crippen molar-refractivity contribution in [2.24, 2.45) is 5.41 Å². The number of aromatic nitrogens is 4. The smallest absolute Gasteiger partial charge is 0.255 e. The quantitative estimate of drug-likeness (QED) is 0.0429. The monoisotopic (exact) mass is 974 g/mol. The van der Waals surface area contributed by atoms with Crippen LogP contribution in [0.15, 0.2) is 121 Å². The number of aryl methyl sites for hydroxylation is 1. The van der Waals surface area contributed by atoms with E-state index in [1.54, 1.807) is 47.7 Å². The number of carbonyl (C=O) groups excluding carboxylic acids is 5. The Kier molecular flexibility index (Phi) is 15.3. The van der Waals surface area contributed by atoms with Crippen LogP contribution in [0.5, 0.6) is 0 Å². The van der Waals surface area contributed by atoms with Gasteiger partial charge < -0.3 is 41.6 Å². The van der Waals surface area contributed by atoms with E-state index in [9.17, 15) is 29.1 Å². The summed E-state index contributed by atoms with van der Waals surface area (Å²) in [6.07, 6.45) is 3.65. The molecule has 0 radical (unpaired) electrons. The van der Waals surface area contributed by atoms with Crippen LogP contribution in [0.4, 0.5) is 22.9 Å². The second-order valence-electron chi connectivity index (χ2n) is 18.9. The molecule has 17 heteroatoms. The van der Waals surface area contributed by atoms with E-state index in [1.807, 2.05) is 113 Å². The summed E-state index contributed by atoms with van der Waals surface area (Å²) < 4.78 is 0. The van der Waals surface area contributed by atoms with Crippen LogP contribution in [0.3, 0.4) is 0 Å². The topological polar surface area (TPSA) is 223 Å². The molecule has 8 rings (SSSR count). The fourth-order valence-corrected chi connectivity index (χ4v) is 9.44. The molecule has 4 atom stereocenters. The van der Waals surface area contributed by atoms with Crippen molar-refractivity contribution in [2.45, 2.75) is 91.0 Å². The first-order valence-corrected chi connectivity index (χ1v) is 24.5. The number of nitrogens with zero attached hydrogens (tertiary/aromatic N) is 4. The predicted molar refractivity (Wildman–Crippen MR) is 277 cm³/mol. The molecule has 7 aromatic rings. The van der Waals surface area contributed by atoms with E-state index in [-0.39, 0.29) is 55.5 Å². The number of nitrogens with one attached hydrogen (secondary N) is 6. The second kappa shape index (κ2) is 21.9. The molecule has 4 heterocycles. The van der Waals surface area contributed by atoms with Gasteiger partial charge in [-0.1, -0.05) is 69.3 Å². The number of amides is 5. The summed E-state index contributed by atoms with van der Waals surface area (Å²) in [6.45, 7) is 9.31. The number of rotatable bonds is 17. The van der Waals surface area contributed by atoms with Crippen LogP contribution in [0.25, 0.3) is 32.6 Å². The second-order valence-corrected chi connectivity index (χ2v) is 19.8. The van der Waals surface area contributed by atoms with Gasteiger partial charge in [0.1, 0.15) is 24.2 Å². The van der Waals surface area contributed by atoms with E-state index >= 15 is 0 Å². The Morgan fingerprint density at radius 1 is 0.817 bits per heavy atom. The van der Waals surface area contributed by atoms with Crippen LogP contribution < -0.4 is 26.6 Å². The summed E-state index contributed by atoms with van der Waals surface area (Å²) in [5, 5.41) is 26.7. The van der Waals surface area contributed by atoms with Gasteiger partial charge in [-0.05, 0) is 91.8 Å². The summed E-state index contributed by atoms with van der Waals surface area (Å²) in [5.74, 6) is -1.17. The molecule has 1 fully saturated rings. The summed E-state index contributed by atoms with van der Waals surface area (Å²) in [4.78, 5) is 86.1. The zero-order valence-corrected chi connectivity index (χ0v) is 41.1. The van der Waals surface area contributed by atoms with Gasteiger partial charge >= 0.3 is 0 Å². The summed E-state index contributed by atoms with van der Waals surface area (Å²) >= 11 is 1.57. The Morgan fingerprint density at radius 3 is 2.28 bits per heavy atom. The molecule has 3 aromatic heterocycles. The van der Waals surface area contributed by atoms with Crippen LogP contribution >= 0.6 is 11.3 Å². The number of benzene rings is 4. The Morgan fingerprint density at radius 2 is 1.55 bits per heavy atom. The molecule has 0 saturated carbocycles. The number of hydrogen-bond donors (Lipinski definition) is 7. The van der Waals surface area contributed by atoms with Gasteiger partial charge in [0.15, 0.2) is 0 Å². The molecule has 5 amide bonds. The Labute approximate surface area is 416 Å². The van der Waals surface area contributed by atoms with Crippen molar-refractivity contribution in [3.63, 3.8) is 0 Å². The first kappa shape index (κ1) is 49.7. The number of aromatic amines is 1. The van der Waals surface area contributed by atoms with Crippen LogP contribution in [0.1, 0.15) is 87.5 Å². The Hall–Kier alpha value is -7.76. The molecule has 1 aliphatic rings. The highest BCUT2D eigenvalue weighted by Gasteiger charge is 2.44. The van der Waals surface area contributed by atoms with Crippen LogP contribution in [0.2, 0.25) is 0 Å². The lowest BCUT2D eigenvalue weighted by Crippen LogP contribution is -2.57. The number of likely N-dealkylation sites (tertiary alicyclic amines) is 1. The van der Waals surface area contributed by atoms with Crippen molar-refractivity contribution in [2.75, 3.05) is 22.5 Å². The third-order valence-corrected chi connectivity index (χ3v) is 13.5. The number of aliphatic hydroxyl groups excluding tert-OH is 1. The number of carbonyl (C=O) groups is 5. The van der Waals surface area contributed by atoms with E-state index in [2.05, 4.69) is 46.5 Å². The van der Waals surface area contributed by atoms with Crippen molar-refractivity contribution in [3.8, 4) is 21.7 Å². The molecule has 4 aromatic carbocycles. The number of H-pyrrole nitrogens is 1. The third-order valence-electron chi connectivity index (χ3n) is 12.5. The highest BCUT2D eigenvalue weighted by Crippen LogP contribution is 2.31. The minimum absolute atomic E-state index is 0.0319. The van der Waals surface area contributed by atoms with Crippen LogP contribution in [-0.2, 0) is 19.2 Å². The first-order valence-electron chi connectivity index (χ1n) is 23.6. The van der Waals surface area contributed by atoms with Crippen molar-refractivity contribution in [1.29, 1.82) is 0 Å². The Bertz CT molecular complexity index is 3040. The average molecular weight is 975 g/mol. The normalized spacial score (nSPS) is 15.4. The molecular formula is C54H58N10O6S. The summed E-state index contributed by atoms with van der Waals surface area (Å²) in [5.41, 5.74) is 8.93. The number of fused-ring (bicyclic) bond motifs is 1. The minimum Gasteiger partial charge on any atom is -0.391 e. The Balaban J connectivity index is 0.772. The van der Waals surface area contributed by atoms with E-state index in [0.717, 1.165) is 49.5 Å². The molecular weight excluding hydrogens is 917 g/mol. The van der Waals surface area contributed by atoms with Crippen molar-refractivity contribution in [1.82, 2.24) is 35.5 Å². The van der Waals surface area contributed by atoms with Gasteiger partial charge in [-0.15, -0.1) is 11.3 Å². The average Bonchev–Trinajstić information content (AvgIpc) is 4.10. The number of β-amino-alcohol motifs (C(OH)–C–C–N with tert-alkyl or cyclic N) is 1. The van der Waals surface area contributed by atoms with E-state index < -0.39 is 29.5 Å². The van der Waals surface area contributed by atoms with Gasteiger partial charge in [0.25, 0.3) is 5.91 Å². The molecule has 1 saturated heterocycles. The number of thiazole rings is 1. The maximum Gasteiger partial charge on any atom is 0.255 e. The number of hydrogen-bond acceptors (Lipinski definition) is 11. The predicted octanol–water partition coefficient (Wildman–Crippen LogP) is 8.92. The standard InChI is InChI=1S/C54H58N10O6S/c1-32(34-17-19-35(20-18-34)49-33(2)58-31-71-49)59-52(69)45-26-40(65)29-64(45)53(70)50(54(3,4)5)63-48(67)16-9-8-15-47(66)61-37-23-21-36(22-24-37)51(68)62-39-12-10-11-38(25-39)60-46-27-44(56-30-57-46)42-28-55-43-14-7-6-13-41(42)43/h6-7,10-14,17-25,27-28,30-32,40,45,50,55,65H,8-9,15-16,26,29H2,1-5H3,(H,59,69)(H,61,66)(H,62,68)(H,63,67)(H,56,57,60)/t32-,40+,45-,50+/m0/s1. The minimum atomic E-state index is -0.965. The lowest BCUT2D eigenvalue weighted by molar-refractivity contribution is -0.144. The maximum absolute atomic E-state index is 14.1. The van der Waals surface area contributed by atoms with Crippen molar-refractivity contribution in [3.05, 3.63) is 138 Å². The van der Waals surface area contributed by atoms with Gasteiger partial charge in [-0.2, -0.15) is 0 Å². The number of para-hydroxylation sites is 1. The molecule has 16 nitrogen and oxygen atoms in total. The van der Waals surface area contributed by atoms with Gasteiger partial charge in [0, 0.05) is 77.2 Å². The fraction of sp³-hybridized carbons (Fsp3) is 0.296. The van der Waals surface area contributed by atoms with Crippen LogP contribution in [0, 0.1) is 12.3 Å². The number of anilines is 4. The van der Waals surface area contributed by atoms with Crippen LogP contribution in [-0.4, -0.2) is 84.2 Å². The SMILES string of the molecule is Cc1ncsc1-c1ccc([C@H](C)NC(=O)[C@@H]2C[C@@H](O)CN2C(=O)[C@@H](NC(=O)CCCCC(=O)Nc2ccc(C(=O)Nc3cccc(Nc4cc(-c5c[nH]c6ccccc56)ncn4)c3)cc2)C(C)(C)C)cc1. The van der Waals surface area contributed by atoms with Gasteiger partial charge in [0.2, 0.25) is 23.6 Å². The van der Waals surface area contributed by atoms with Gasteiger partial charge in [-0.3, -0.25) is 24.0 Å². The van der Waals surface area contributed by atoms with E-state index in [0.29, 0.717) is 35.6 Å². The van der Waals surface area contributed by atoms with Crippen molar-refractivity contribution >= 4 is 74.7 Å². The maximum atomic E-state index is 14.1. The molecule has 71 heavy (non-hydrogen) atoms. The fourth-order valence-electron chi connectivity index (χ4n) is 8.63. The number of aliphatic hydroxyl groups is 1. The largest absolute Gasteiger partial charge is 0.391 e. The van der Waals surface area contributed by atoms with E-state index in [1.165, 1.54) is 11.2 Å². The zero-order chi connectivity index (χ0) is 50.2. The van der Waals surface area contributed by atoms with Gasteiger partial charge in [0.05, 0.1) is 33.9 Å². The first-order chi connectivity index (χ1) is 34.1. The lowest BCUT2D eigenvalue weighted by atomic mass is 9.85. The van der Waals surface area contributed by atoms with Gasteiger partial charge in [-0.25, -0.2) is 15.0 Å². The van der Waals surface area contributed by atoms with E-state index in [4.69, 9.17) is 0 Å². The highest BCUT2D eigenvalue weighted by atomic mass is 32.1. The number of unbranched alkanes of at least 4 members (excludes halogenated alkanes) is 1. The third kappa shape index (κ3) is 12.3. The molecule has 0 bridgehead atoms. The molecule has 1 aliphatic heterocycles. The van der Waals surface area contributed by atoms with Crippen molar-refractivity contribution < 1.29 is 29.1 Å². The summed E-state index contributed by atoms with van der Waals surface area (Å²) in [6, 6.07) is 29.4. The molecule has 0 unspecified atom stereocenters. The zero-order valence-electron chi connectivity index (χ0n) is 40.3. The highest BCUT2D eigenvalue weighted by molar-refractivity contribution is 7.13. The molecule has 0 aliphatic carbocycles. The molecule has 366 valence electrons. The summed E-state index contributed by atoms with van der Waals surface area (Å²) in [7, 11) is 0. The lowest BCUT2D eigenvalue weighted by Gasteiger charge is -2.35.